The minimum atomic E-state index is -0.602. The lowest BCUT2D eigenvalue weighted by Gasteiger charge is -2.03. The predicted octanol–water partition coefficient (Wildman–Crippen LogP) is 3.94. The molecule has 2 aromatic rings. The van der Waals surface area contributed by atoms with Crippen LogP contribution >= 0.6 is 15.9 Å². The summed E-state index contributed by atoms with van der Waals surface area (Å²) in [5.74, 6) is 0.343. The molecular formula is C16H10BrFO4. The molecule has 2 aromatic carbocycles. The van der Waals surface area contributed by atoms with E-state index in [2.05, 4.69) is 15.9 Å². The van der Waals surface area contributed by atoms with Crippen molar-refractivity contribution in [1.82, 2.24) is 0 Å². The van der Waals surface area contributed by atoms with Crippen LogP contribution in [0.25, 0.3) is 6.08 Å². The van der Waals surface area contributed by atoms with E-state index in [4.69, 9.17) is 14.2 Å². The second-order valence-electron chi connectivity index (χ2n) is 4.44. The van der Waals surface area contributed by atoms with Crippen molar-refractivity contribution in [3.63, 3.8) is 0 Å². The second-order valence-corrected chi connectivity index (χ2v) is 5.29. The van der Waals surface area contributed by atoms with Crippen molar-refractivity contribution in [1.29, 1.82) is 0 Å². The number of carbonyl (C=O) groups excluding carboxylic acids is 1. The van der Waals surface area contributed by atoms with Crippen molar-refractivity contribution in [2.24, 2.45) is 0 Å². The van der Waals surface area contributed by atoms with Gasteiger partial charge in [0.05, 0.1) is 0 Å². The highest BCUT2D eigenvalue weighted by Gasteiger charge is 2.15. The van der Waals surface area contributed by atoms with Crippen LogP contribution < -0.4 is 14.2 Å². The summed E-state index contributed by atoms with van der Waals surface area (Å²) in [7, 11) is 0. The number of carbonyl (C=O) groups is 1. The Hall–Kier alpha value is -2.34. The maximum absolute atomic E-state index is 13.0. The SMILES string of the molecule is O=C(C=Cc1cc2c(cc1Br)OCO2)Oc1cccc(F)c1. The van der Waals surface area contributed by atoms with Gasteiger partial charge in [-0.15, -0.1) is 0 Å². The van der Waals surface area contributed by atoms with Crippen molar-refractivity contribution < 1.29 is 23.4 Å². The molecule has 0 N–H and O–H groups in total. The second kappa shape index (κ2) is 6.19. The average Bonchev–Trinajstić information content (AvgIpc) is 2.92. The predicted molar refractivity (Wildman–Crippen MR) is 81.3 cm³/mol. The van der Waals surface area contributed by atoms with E-state index in [-0.39, 0.29) is 12.5 Å². The first-order valence-electron chi connectivity index (χ1n) is 6.36. The molecule has 22 heavy (non-hydrogen) atoms. The Balaban J connectivity index is 1.72. The highest BCUT2D eigenvalue weighted by molar-refractivity contribution is 9.10. The summed E-state index contributed by atoms with van der Waals surface area (Å²) >= 11 is 3.39. The zero-order valence-electron chi connectivity index (χ0n) is 11.2. The fourth-order valence-corrected chi connectivity index (χ4v) is 2.35. The molecule has 0 aliphatic carbocycles. The van der Waals surface area contributed by atoms with Gasteiger partial charge in [0.2, 0.25) is 6.79 Å². The van der Waals surface area contributed by atoms with Crippen molar-refractivity contribution >= 4 is 28.0 Å². The van der Waals surface area contributed by atoms with E-state index in [9.17, 15) is 9.18 Å². The van der Waals surface area contributed by atoms with E-state index in [1.807, 2.05) is 0 Å². The van der Waals surface area contributed by atoms with Gasteiger partial charge in [0, 0.05) is 16.6 Å². The number of benzene rings is 2. The summed E-state index contributed by atoms with van der Waals surface area (Å²) in [5, 5.41) is 0. The molecule has 0 spiro atoms. The van der Waals surface area contributed by atoms with Crippen LogP contribution in [0.2, 0.25) is 0 Å². The van der Waals surface area contributed by atoms with Gasteiger partial charge < -0.3 is 14.2 Å². The van der Waals surface area contributed by atoms with E-state index in [0.717, 1.165) is 16.1 Å². The number of esters is 1. The van der Waals surface area contributed by atoms with E-state index in [0.29, 0.717) is 11.5 Å². The maximum Gasteiger partial charge on any atom is 0.336 e. The van der Waals surface area contributed by atoms with Crippen LogP contribution in [-0.4, -0.2) is 12.8 Å². The average molecular weight is 365 g/mol. The van der Waals surface area contributed by atoms with E-state index < -0.39 is 11.8 Å². The Labute approximate surface area is 134 Å². The first kappa shape index (κ1) is 14.6. The molecule has 3 rings (SSSR count). The lowest BCUT2D eigenvalue weighted by atomic mass is 10.2. The number of ether oxygens (including phenoxy) is 3. The molecule has 0 atom stereocenters. The van der Waals surface area contributed by atoms with Crippen molar-refractivity contribution in [3.8, 4) is 17.2 Å². The molecule has 0 fully saturated rings. The van der Waals surface area contributed by atoms with E-state index >= 15 is 0 Å². The quantitative estimate of drug-likeness (QED) is 0.470. The van der Waals surface area contributed by atoms with Gasteiger partial charge in [0.1, 0.15) is 11.6 Å². The van der Waals surface area contributed by atoms with Crippen molar-refractivity contribution in [3.05, 3.63) is 58.3 Å². The summed E-state index contributed by atoms with van der Waals surface area (Å²) < 4.78 is 29.3. The monoisotopic (exact) mass is 364 g/mol. The van der Waals surface area contributed by atoms with Crippen LogP contribution in [0, 0.1) is 5.82 Å². The Kier molecular flexibility index (Phi) is 4.11. The summed E-state index contributed by atoms with van der Waals surface area (Å²) in [6, 6.07) is 8.90. The van der Waals surface area contributed by atoms with Crippen LogP contribution in [0.15, 0.2) is 46.9 Å². The van der Waals surface area contributed by atoms with E-state index in [1.165, 1.54) is 24.3 Å². The molecule has 0 saturated carbocycles. The van der Waals surface area contributed by atoms with Crippen LogP contribution in [0.3, 0.4) is 0 Å². The third-order valence-electron chi connectivity index (χ3n) is 2.91. The number of hydrogen-bond donors (Lipinski definition) is 0. The molecule has 0 bridgehead atoms. The van der Waals surface area contributed by atoms with Crippen LogP contribution in [0.4, 0.5) is 4.39 Å². The smallest absolute Gasteiger partial charge is 0.336 e. The molecular weight excluding hydrogens is 355 g/mol. The molecule has 0 aromatic heterocycles. The zero-order chi connectivity index (χ0) is 15.5. The van der Waals surface area contributed by atoms with Gasteiger partial charge in [-0.25, -0.2) is 9.18 Å². The molecule has 0 saturated heterocycles. The first-order chi connectivity index (χ1) is 10.6. The van der Waals surface area contributed by atoms with Crippen LogP contribution in [-0.2, 0) is 4.79 Å². The third kappa shape index (κ3) is 3.28. The van der Waals surface area contributed by atoms with Crippen molar-refractivity contribution in [2.45, 2.75) is 0 Å². The molecule has 112 valence electrons. The first-order valence-corrected chi connectivity index (χ1v) is 7.16. The topological polar surface area (TPSA) is 44.8 Å². The molecule has 4 nitrogen and oxygen atoms in total. The molecule has 6 heteroatoms. The van der Waals surface area contributed by atoms with Crippen LogP contribution in [0.5, 0.6) is 17.2 Å². The minimum absolute atomic E-state index is 0.152. The number of rotatable bonds is 3. The lowest BCUT2D eigenvalue weighted by Crippen LogP contribution is -2.03. The molecule has 1 heterocycles. The fraction of sp³-hybridized carbons (Fsp3) is 0.0625. The molecule has 0 amide bonds. The Morgan fingerprint density at radius 2 is 2.00 bits per heavy atom. The Morgan fingerprint density at radius 1 is 1.23 bits per heavy atom. The normalized spacial score (nSPS) is 12.6. The minimum Gasteiger partial charge on any atom is -0.454 e. The Morgan fingerprint density at radius 3 is 2.77 bits per heavy atom. The lowest BCUT2D eigenvalue weighted by molar-refractivity contribution is -0.128. The summed E-state index contributed by atoms with van der Waals surface area (Å²) in [6.07, 6.45) is 2.83. The molecule has 1 aliphatic rings. The van der Waals surface area contributed by atoms with Gasteiger partial charge in [0.25, 0.3) is 0 Å². The van der Waals surface area contributed by atoms with Gasteiger partial charge in [-0.1, -0.05) is 22.0 Å². The number of fused-ring (bicyclic) bond motifs is 1. The Bertz CT molecular complexity index is 758. The van der Waals surface area contributed by atoms with Gasteiger partial charge in [0.15, 0.2) is 11.5 Å². The van der Waals surface area contributed by atoms with Gasteiger partial charge in [-0.3, -0.25) is 0 Å². The molecule has 1 aliphatic heterocycles. The molecule has 0 radical (unpaired) electrons. The third-order valence-corrected chi connectivity index (χ3v) is 3.59. The summed E-state index contributed by atoms with van der Waals surface area (Å²) in [4.78, 5) is 11.7. The highest BCUT2D eigenvalue weighted by Crippen LogP contribution is 2.37. The fourth-order valence-electron chi connectivity index (χ4n) is 1.90. The van der Waals surface area contributed by atoms with Crippen molar-refractivity contribution in [2.75, 3.05) is 6.79 Å². The number of hydrogen-bond acceptors (Lipinski definition) is 4. The zero-order valence-corrected chi connectivity index (χ0v) is 12.8. The summed E-state index contributed by atoms with van der Waals surface area (Å²) in [5.41, 5.74) is 0.737. The van der Waals surface area contributed by atoms with Gasteiger partial charge >= 0.3 is 5.97 Å². The number of halogens is 2. The summed E-state index contributed by atoms with van der Waals surface area (Å²) in [6.45, 7) is 0.177. The highest BCUT2D eigenvalue weighted by atomic mass is 79.9. The standard InChI is InChI=1S/C16H10BrFO4/c17-13-8-15-14(20-9-21-15)6-10(13)4-5-16(19)22-12-3-1-2-11(18)7-12/h1-8H,9H2. The van der Waals surface area contributed by atoms with Crippen LogP contribution in [0.1, 0.15) is 5.56 Å². The van der Waals surface area contributed by atoms with Gasteiger partial charge in [-0.05, 0) is 35.9 Å². The van der Waals surface area contributed by atoms with Gasteiger partial charge in [-0.2, -0.15) is 0 Å². The van der Waals surface area contributed by atoms with E-state index in [1.54, 1.807) is 18.2 Å². The molecule has 0 unspecified atom stereocenters. The largest absolute Gasteiger partial charge is 0.454 e. The maximum atomic E-state index is 13.0.